The molecule has 0 unspecified atom stereocenters. The van der Waals surface area contributed by atoms with E-state index in [1.165, 1.54) is 0 Å². The van der Waals surface area contributed by atoms with Crippen molar-refractivity contribution in [2.45, 2.75) is 25.2 Å². The van der Waals surface area contributed by atoms with Crippen LogP contribution >= 0.6 is 0 Å². The van der Waals surface area contributed by atoms with Crippen molar-refractivity contribution in [2.24, 2.45) is 5.92 Å². The average molecular weight is 327 g/mol. The molecule has 0 heterocycles. The standard InChI is InChI=1S/C19H21NO2S/c1-4-5-16-6-8-17(9-7-16)18-10-12-19(13-11-18)23(21,22)20-14-15(2)3/h1,6-13,15,20H,5,14H2,2-3H3. The van der Waals surface area contributed by atoms with Gasteiger partial charge in [-0.15, -0.1) is 12.3 Å². The molecular formula is C19H21NO2S. The number of sulfonamides is 1. The first-order valence-corrected chi connectivity index (χ1v) is 9.03. The highest BCUT2D eigenvalue weighted by Gasteiger charge is 2.14. The second kappa shape index (κ2) is 7.45. The molecule has 0 aliphatic carbocycles. The average Bonchev–Trinajstić information content (AvgIpc) is 2.54. The van der Waals surface area contributed by atoms with Crippen molar-refractivity contribution in [1.82, 2.24) is 4.72 Å². The van der Waals surface area contributed by atoms with Crippen LogP contribution in [0.25, 0.3) is 11.1 Å². The summed E-state index contributed by atoms with van der Waals surface area (Å²) in [4.78, 5) is 0.283. The highest BCUT2D eigenvalue weighted by atomic mass is 32.2. The molecule has 0 amide bonds. The van der Waals surface area contributed by atoms with Crippen LogP contribution in [0.2, 0.25) is 0 Å². The zero-order valence-electron chi connectivity index (χ0n) is 13.4. The molecule has 0 spiro atoms. The van der Waals surface area contributed by atoms with Crippen molar-refractivity contribution in [2.75, 3.05) is 6.54 Å². The van der Waals surface area contributed by atoms with Gasteiger partial charge in [-0.1, -0.05) is 50.2 Å². The van der Waals surface area contributed by atoms with Crippen molar-refractivity contribution in [3.63, 3.8) is 0 Å². The van der Waals surface area contributed by atoms with Gasteiger partial charge in [0.05, 0.1) is 4.90 Å². The van der Waals surface area contributed by atoms with Gasteiger partial charge in [-0.05, 0) is 34.7 Å². The Morgan fingerprint density at radius 1 is 1.00 bits per heavy atom. The monoisotopic (exact) mass is 327 g/mol. The van der Waals surface area contributed by atoms with Crippen LogP contribution in [0.3, 0.4) is 0 Å². The van der Waals surface area contributed by atoms with Gasteiger partial charge in [0.25, 0.3) is 0 Å². The third kappa shape index (κ3) is 4.69. The number of hydrogen-bond donors (Lipinski definition) is 1. The van der Waals surface area contributed by atoms with Crippen LogP contribution in [0.4, 0.5) is 0 Å². The predicted molar refractivity (Wildman–Crippen MR) is 94.4 cm³/mol. The smallest absolute Gasteiger partial charge is 0.211 e. The van der Waals surface area contributed by atoms with E-state index in [2.05, 4.69) is 10.6 Å². The molecule has 0 aromatic heterocycles. The molecule has 1 N–H and O–H groups in total. The number of rotatable bonds is 6. The van der Waals surface area contributed by atoms with E-state index in [0.29, 0.717) is 13.0 Å². The fourth-order valence-corrected chi connectivity index (χ4v) is 3.33. The van der Waals surface area contributed by atoms with Crippen LogP contribution in [-0.4, -0.2) is 15.0 Å². The fraction of sp³-hybridized carbons (Fsp3) is 0.263. The van der Waals surface area contributed by atoms with Crippen molar-refractivity contribution in [1.29, 1.82) is 0 Å². The minimum Gasteiger partial charge on any atom is -0.211 e. The van der Waals surface area contributed by atoms with Gasteiger partial charge in [0.1, 0.15) is 0 Å². The molecule has 120 valence electrons. The van der Waals surface area contributed by atoms with Crippen molar-refractivity contribution in [3.8, 4) is 23.5 Å². The zero-order chi connectivity index (χ0) is 16.9. The first kappa shape index (κ1) is 17.3. The zero-order valence-corrected chi connectivity index (χ0v) is 14.2. The lowest BCUT2D eigenvalue weighted by Crippen LogP contribution is -2.27. The van der Waals surface area contributed by atoms with E-state index in [1.54, 1.807) is 12.1 Å². The molecule has 0 aliphatic rings. The minimum absolute atomic E-state index is 0.269. The Bertz CT molecular complexity index is 783. The van der Waals surface area contributed by atoms with Gasteiger partial charge in [0.15, 0.2) is 0 Å². The Kier molecular flexibility index (Phi) is 5.59. The molecule has 0 atom stereocenters. The van der Waals surface area contributed by atoms with E-state index in [9.17, 15) is 8.42 Å². The first-order chi connectivity index (χ1) is 10.9. The maximum atomic E-state index is 12.2. The highest BCUT2D eigenvalue weighted by Crippen LogP contribution is 2.22. The fourth-order valence-electron chi connectivity index (χ4n) is 2.12. The summed E-state index contributed by atoms with van der Waals surface area (Å²) in [6.45, 7) is 4.37. The first-order valence-electron chi connectivity index (χ1n) is 7.55. The summed E-state index contributed by atoms with van der Waals surface area (Å²) < 4.78 is 27.0. The molecule has 23 heavy (non-hydrogen) atoms. The molecular weight excluding hydrogens is 306 g/mol. The molecule has 0 aliphatic heterocycles. The van der Waals surface area contributed by atoms with Gasteiger partial charge in [-0.25, -0.2) is 13.1 Å². The van der Waals surface area contributed by atoms with E-state index >= 15 is 0 Å². The van der Waals surface area contributed by atoms with E-state index in [-0.39, 0.29) is 10.8 Å². The Morgan fingerprint density at radius 2 is 1.52 bits per heavy atom. The number of terminal acetylenes is 1. The lowest BCUT2D eigenvalue weighted by molar-refractivity contribution is 0.560. The second-order valence-electron chi connectivity index (χ2n) is 5.85. The minimum atomic E-state index is -3.44. The van der Waals surface area contributed by atoms with E-state index in [1.807, 2.05) is 50.2 Å². The molecule has 2 aromatic rings. The van der Waals surface area contributed by atoms with Gasteiger partial charge in [0.2, 0.25) is 10.0 Å². The van der Waals surface area contributed by atoms with Crippen molar-refractivity contribution in [3.05, 3.63) is 54.1 Å². The maximum absolute atomic E-state index is 12.2. The lowest BCUT2D eigenvalue weighted by Gasteiger charge is -2.09. The Balaban J connectivity index is 2.17. The summed E-state index contributed by atoms with van der Waals surface area (Å²) in [5.74, 6) is 2.88. The molecule has 3 nitrogen and oxygen atoms in total. The van der Waals surface area contributed by atoms with Gasteiger partial charge in [-0.3, -0.25) is 0 Å². The molecule has 0 bridgehead atoms. The Labute approximate surface area is 138 Å². The number of benzene rings is 2. The summed E-state index contributed by atoms with van der Waals surface area (Å²) in [6, 6.07) is 14.9. The molecule has 0 saturated heterocycles. The molecule has 2 aromatic carbocycles. The lowest BCUT2D eigenvalue weighted by atomic mass is 10.0. The van der Waals surface area contributed by atoms with Crippen molar-refractivity contribution < 1.29 is 8.42 Å². The second-order valence-corrected chi connectivity index (χ2v) is 7.61. The summed E-state index contributed by atoms with van der Waals surface area (Å²) in [5.41, 5.74) is 3.10. The number of nitrogens with one attached hydrogen (secondary N) is 1. The van der Waals surface area contributed by atoms with Crippen LogP contribution < -0.4 is 4.72 Å². The third-order valence-corrected chi connectivity index (χ3v) is 4.88. The number of hydrogen-bond acceptors (Lipinski definition) is 2. The Hall–Kier alpha value is -2.09. The van der Waals surface area contributed by atoms with E-state index < -0.39 is 10.0 Å². The molecule has 0 saturated carbocycles. The largest absolute Gasteiger partial charge is 0.240 e. The van der Waals surface area contributed by atoms with Crippen LogP contribution in [0.5, 0.6) is 0 Å². The van der Waals surface area contributed by atoms with Crippen LogP contribution in [0, 0.1) is 18.3 Å². The third-order valence-electron chi connectivity index (χ3n) is 3.44. The molecule has 4 heteroatoms. The molecule has 0 radical (unpaired) electrons. The van der Waals surface area contributed by atoms with E-state index in [4.69, 9.17) is 6.42 Å². The normalized spacial score (nSPS) is 11.4. The van der Waals surface area contributed by atoms with Gasteiger partial charge in [0, 0.05) is 13.0 Å². The summed E-state index contributed by atoms with van der Waals surface area (Å²) in [5, 5.41) is 0. The van der Waals surface area contributed by atoms with Gasteiger partial charge in [-0.2, -0.15) is 0 Å². The highest BCUT2D eigenvalue weighted by molar-refractivity contribution is 7.89. The SMILES string of the molecule is C#CCc1ccc(-c2ccc(S(=O)(=O)NCC(C)C)cc2)cc1. The topological polar surface area (TPSA) is 46.2 Å². The van der Waals surface area contributed by atoms with Crippen molar-refractivity contribution >= 4 is 10.0 Å². The van der Waals surface area contributed by atoms with Crippen LogP contribution in [0.1, 0.15) is 19.4 Å². The van der Waals surface area contributed by atoms with Gasteiger partial charge < -0.3 is 0 Å². The van der Waals surface area contributed by atoms with E-state index in [0.717, 1.165) is 16.7 Å². The van der Waals surface area contributed by atoms with Gasteiger partial charge >= 0.3 is 0 Å². The summed E-state index contributed by atoms with van der Waals surface area (Å²) in [6.07, 6.45) is 5.91. The summed E-state index contributed by atoms with van der Waals surface area (Å²) >= 11 is 0. The summed E-state index contributed by atoms with van der Waals surface area (Å²) in [7, 11) is -3.44. The van der Waals surface area contributed by atoms with Crippen LogP contribution in [-0.2, 0) is 16.4 Å². The van der Waals surface area contributed by atoms with Crippen LogP contribution in [0.15, 0.2) is 53.4 Å². The maximum Gasteiger partial charge on any atom is 0.240 e. The predicted octanol–water partition coefficient (Wildman–Crippen LogP) is 3.46. The molecule has 2 rings (SSSR count). The quantitative estimate of drug-likeness (QED) is 0.826. The Morgan fingerprint density at radius 3 is 2.00 bits per heavy atom. The molecule has 0 fully saturated rings.